The monoisotopic (exact) mass is 367 g/mol. The summed E-state index contributed by atoms with van der Waals surface area (Å²) in [5.74, 6) is 0.413. The van der Waals surface area contributed by atoms with Gasteiger partial charge in [0.2, 0.25) is 0 Å². The highest BCUT2D eigenvalue weighted by molar-refractivity contribution is 9.10. The first-order valence-corrected chi connectivity index (χ1v) is 7.68. The minimum atomic E-state index is -0.192. The van der Waals surface area contributed by atoms with Crippen molar-refractivity contribution < 1.29 is 9.53 Å². The summed E-state index contributed by atoms with van der Waals surface area (Å²) in [6.45, 7) is 4.40. The van der Waals surface area contributed by atoms with Crippen LogP contribution in [0.25, 0.3) is 0 Å². The van der Waals surface area contributed by atoms with Gasteiger partial charge in [-0.1, -0.05) is 17.7 Å². The molecule has 0 saturated carbocycles. The molecule has 0 aliphatic carbocycles. The lowest BCUT2D eigenvalue weighted by Crippen LogP contribution is -2.12. The van der Waals surface area contributed by atoms with Gasteiger partial charge in [-0.2, -0.15) is 0 Å². The molecule has 0 fully saturated rings. The normalized spacial score (nSPS) is 10.3. The molecule has 0 aromatic heterocycles. The molecule has 2 rings (SSSR count). The number of carbonyl (C=O) groups is 1. The molecule has 1 N–H and O–H groups in total. The Hall–Kier alpha value is -1.52. The molecule has 2 aromatic rings. The summed E-state index contributed by atoms with van der Waals surface area (Å²) < 4.78 is 6.12. The Bertz CT molecular complexity index is 673. The maximum Gasteiger partial charge on any atom is 0.256 e. The maximum atomic E-state index is 12.3. The zero-order chi connectivity index (χ0) is 15.4. The summed E-state index contributed by atoms with van der Waals surface area (Å²) in [5.41, 5.74) is 2.29. The second-order valence-electron chi connectivity index (χ2n) is 4.52. The van der Waals surface area contributed by atoms with Crippen molar-refractivity contribution in [2.45, 2.75) is 13.8 Å². The van der Waals surface area contributed by atoms with E-state index in [0.717, 1.165) is 10.0 Å². The van der Waals surface area contributed by atoms with E-state index in [9.17, 15) is 4.79 Å². The molecule has 21 heavy (non-hydrogen) atoms. The topological polar surface area (TPSA) is 38.3 Å². The van der Waals surface area contributed by atoms with Crippen LogP contribution in [-0.4, -0.2) is 12.5 Å². The lowest BCUT2D eigenvalue weighted by molar-refractivity contribution is 0.102. The number of rotatable bonds is 4. The third-order valence-electron chi connectivity index (χ3n) is 2.86. The van der Waals surface area contributed by atoms with Gasteiger partial charge >= 0.3 is 0 Å². The van der Waals surface area contributed by atoms with Crippen LogP contribution in [0.3, 0.4) is 0 Å². The Morgan fingerprint density at radius 2 is 2.05 bits per heavy atom. The van der Waals surface area contributed by atoms with Crippen molar-refractivity contribution in [3.8, 4) is 5.75 Å². The van der Waals surface area contributed by atoms with E-state index in [0.29, 0.717) is 28.6 Å². The number of hydrogen-bond donors (Lipinski definition) is 1. The number of nitrogens with one attached hydrogen (secondary N) is 1. The lowest BCUT2D eigenvalue weighted by Gasteiger charge is -2.10. The highest BCUT2D eigenvalue weighted by Gasteiger charge is 2.11. The fraction of sp³-hybridized carbons (Fsp3) is 0.188. The lowest BCUT2D eigenvalue weighted by atomic mass is 10.1. The van der Waals surface area contributed by atoms with Gasteiger partial charge in [-0.15, -0.1) is 0 Å². The van der Waals surface area contributed by atoms with E-state index in [4.69, 9.17) is 16.3 Å². The Morgan fingerprint density at radius 3 is 2.67 bits per heavy atom. The standard InChI is InChI=1S/C16H15BrClNO2/c1-3-21-15-7-5-11(9-14(15)18)19-16(20)12-6-4-10(2)8-13(12)17/h4-9H,3H2,1-2H3,(H,19,20). The Labute approximate surface area is 137 Å². The molecule has 2 aromatic carbocycles. The fourth-order valence-corrected chi connectivity index (χ4v) is 2.76. The molecule has 0 bridgehead atoms. The quantitative estimate of drug-likeness (QED) is 0.819. The van der Waals surface area contributed by atoms with Crippen molar-refractivity contribution in [1.82, 2.24) is 0 Å². The van der Waals surface area contributed by atoms with Crippen LogP contribution in [0.2, 0.25) is 5.02 Å². The van der Waals surface area contributed by atoms with Gasteiger partial charge in [0.25, 0.3) is 5.91 Å². The van der Waals surface area contributed by atoms with Gasteiger partial charge in [0.05, 0.1) is 17.2 Å². The van der Waals surface area contributed by atoms with Crippen LogP contribution in [0.15, 0.2) is 40.9 Å². The van der Waals surface area contributed by atoms with Gasteiger partial charge in [-0.3, -0.25) is 4.79 Å². The van der Waals surface area contributed by atoms with Gasteiger partial charge in [0.15, 0.2) is 0 Å². The maximum absolute atomic E-state index is 12.3. The number of aryl methyl sites for hydroxylation is 1. The first-order chi connectivity index (χ1) is 10.0. The number of benzene rings is 2. The van der Waals surface area contributed by atoms with Crippen LogP contribution in [0.4, 0.5) is 5.69 Å². The molecule has 3 nitrogen and oxygen atoms in total. The highest BCUT2D eigenvalue weighted by atomic mass is 79.9. The number of carbonyl (C=O) groups excluding carboxylic acids is 1. The molecule has 0 unspecified atom stereocenters. The molecule has 0 heterocycles. The minimum absolute atomic E-state index is 0.192. The molecule has 0 aliphatic heterocycles. The summed E-state index contributed by atoms with van der Waals surface area (Å²) >= 11 is 9.50. The van der Waals surface area contributed by atoms with Gasteiger partial charge < -0.3 is 10.1 Å². The molecule has 0 atom stereocenters. The van der Waals surface area contributed by atoms with Crippen LogP contribution >= 0.6 is 27.5 Å². The fourth-order valence-electron chi connectivity index (χ4n) is 1.85. The third-order valence-corrected chi connectivity index (χ3v) is 3.81. The third kappa shape index (κ3) is 3.99. The molecule has 0 radical (unpaired) electrons. The van der Waals surface area contributed by atoms with Crippen molar-refractivity contribution in [2.75, 3.05) is 11.9 Å². The molecule has 1 amide bonds. The van der Waals surface area contributed by atoms with E-state index in [2.05, 4.69) is 21.2 Å². The number of anilines is 1. The summed E-state index contributed by atoms with van der Waals surface area (Å²) in [7, 11) is 0. The average Bonchev–Trinajstić information content (AvgIpc) is 2.41. The Kier molecular flexibility index (Phi) is 5.26. The molecule has 0 aliphatic rings. The first-order valence-electron chi connectivity index (χ1n) is 6.51. The van der Waals surface area contributed by atoms with Gasteiger partial charge in [0, 0.05) is 10.2 Å². The van der Waals surface area contributed by atoms with E-state index >= 15 is 0 Å². The average molecular weight is 369 g/mol. The smallest absolute Gasteiger partial charge is 0.256 e. The molecular formula is C16H15BrClNO2. The van der Waals surface area contributed by atoms with Crippen LogP contribution in [0.1, 0.15) is 22.8 Å². The van der Waals surface area contributed by atoms with Gasteiger partial charge in [-0.25, -0.2) is 0 Å². The van der Waals surface area contributed by atoms with Crippen LogP contribution < -0.4 is 10.1 Å². The number of amides is 1. The summed E-state index contributed by atoms with van der Waals surface area (Å²) in [6.07, 6.45) is 0. The second-order valence-corrected chi connectivity index (χ2v) is 5.78. The molecule has 0 saturated heterocycles. The number of ether oxygens (including phenoxy) is 1. The van der Waals surface area contributed by atoms with Gasteiger partial charge in [0.1, 0.15) is 5.75 Å². The van der Waals surface area contributed by atoms with E-state index in [1.54, 1.807) is 24.3 Å². The number of hydrogen-bond acceptors (Lipinski definition) is 2. The minimum Gasteiger partial charge on any atom is -0.492 e. The summed E-state index contributed by atoms with van der Waals surface area (Å²) in [4.78, 5) is 12.3. The summed E-state index contributed by atoms with van der Waals surface area (Å²) in [5, 5.41) is 3.29. The zero-order valence-corrected chi connectivity index (χ0v) is 14.1. The summed E-state index contributed by atoms with van der Waals surface area (Å²) in [6, 6.07) is 10.8. The van der Waals surface area contributed by atoms with E-state index in [1.165, 1.54) is 0 Å². The van der Waals surface area contributed by atoms with E-state index < -0.39 is 0 Å². The van der Waals surface area contributed by atoms with E-state index in [-0.39, 0.29) is 5.91 Å². The highest BCUT2D eigenvalue weighted by Crippen LogP contribution is 2.28. The molecule has 5 heteroatoms. The Balaban J connectivity index is 2.17. The van der Waals surface area contributed by atoms with Crippen molar-refractivity contribution in [3.05, 3.63) is 57.0 Å². The molecular weight excluding hydrogens is 354 g/mol. The van der Waals surface area contributed by atoms with Crippen molar-refractivity contribution in [1.29, 1.82) is 0 Å². The number of halogens is 2. The van der Waals surface area contributed by atoms with Crippen LogP contribution in [0, 0.1) is 6.92 Å². The predicted molar refractivity (Wildman–Crippen MR) is 89.5 cm³/mol. The molecule has 110 valence electrons. The van der Waals surface area contributed by atoms with E-state index in [1.807, 2.05) is 26.0 Å². The predicted octanol–water partition coefficient (Wildman–Crippen LogP) is 5.06. The van der Waals surface area contributed by atoms with Crippen LogP contribution in [0.5, 0.6) is 5.75 Å². The zero-order valence-electron chi connectivity index (χ0n) is 11.7. The van der Waals surface area contributed by atoms with Crippen molar-refractivity contribution in [3.63, 3.8) is 0 Å². The van der Waals surface area contributed by atoms with Crippen molar-refractivity contribution >= 4 is 39.1 Å². The van der Waals surface area contributed by atoms with Crippen molar-refractivity contribution in [2.24, 2.45) is 0 Å². The second kappa shape index (κ2) is 6.96. The Morgan fingerprint density at radius 1 is 1.29 bits per heavy atom. The first kappa shape index (κ1) is 15.9. The SMILES string of the molecule is CCOc1ccc(NC(=O)c2ccc(C)cc2Br)cc1Cl. The van der Waals surface area contributed by atoms with Crippen LogP contribution in [-0.2, 0) is 0 Å². The largest absolute Gasteiger partial charge is 0.492 e. The molecule has 0 spiro atoms. The van der Waals surface area contributed by atoms with Gasteiger partial charge in [-0.05, 0) is 65.7 Å².